The van der Waals surface area contributed by atoms with Crippen molar-refractivity contribution in [3.05, 3.63) is 18.2 Å². The highest BCUT2D eigenvalue weighted by Gasteiger charge is 2.09. The van der Waals surface area contributed by atoms with Crippen LogP contribution < -0.4 is 5.73 Å². The number of hydrogen-bond acceptors (Lipinski definition) is 4. The minimum absolute atomic E-state index is 0.0350. The lowest BCUT2D eigenvalue weighted by molar-refractivity contribution is 0.231. The number of aromatic nitrogens is 3. The van der Waals surface area contributed by atoms with E-state index < -0.39 is 0 Å². The van der Waals surface area contributed by atoms with Crippen LogP contribution in [0.2, 0.25) is 0 Å². The van der Waals surface area contributed by atoms with Gasteiger partial charge in [0.05, 0.1) is 18.2 Å². The molecule has 5 nitrogen and oxygen atoms in total. The van der Waals surface area contributed by atoms with Crippen molar-refractivity contribution in [2.45, 2.75) is 13.0 Å². The Morgan fingerprint density at radius 1 is 1.57 bits per heavy atom. The Morgan fingerprint density at radius 2 is 2.36 bits per heavy atom. The summed E-state index contributed by atoms with van der Waals surface area (Å²) in [6.07, 6.45) is 0. The largest absolute Gasteiger partial charge is 0.399 e. The van der Waals surface area contributed by atoms with E-state index in [9.17, 15) is 0 Å². The molecule has 0 aliphatic heterocycles. The lowest BCUT2D eigenvalue weighted by Gasteiger charge is -2.08. The SMILES string of the molecule is CC(CO)n1nnc2ccc(N)cc21. The van der Waals surface area contributed by atoms with E-state index in [4.69, 9.17) is 10.8 Å². The van der Waals surface area contributed by atoms with Crippen molar-refractivity contribution in [1.29, 1.82) is 0 Å². The Kier molecular flexibility index (Phi) is 2.09. The van der Waals surface area contributed by atoms with Crippen LogP contribution in [0.3, 0.4) is 0 Å². The van der Waals surface area contributed by atoms with Gasteiger partial charge in [0.2, 0.25) is 0 Å². The number of aliphatic hydroxyl groups excluding tert-OH is 1. The molecule has 0 amide bonds. The molecule has 1 unspecified atom stereocenters. The summed E-state index contributed by atoms with van der Waals surface area (Å²) in [5.41, 5.74) is 7.98. The van der Waals surface area contributed by atoms with E-state index in [1.807, 2.05) is 19.1 Å². The quantitative estimate of drug-likeness (QED) is 0.682. The van der Waals surface area contributed by atoms with Gasteiger partial charge in [-0.05, 0) is 25.1 Å². The molecular formula is C9H12N4O. The van der Waals surface area contributed by atoms with Gasteiger partial charge in [0, 0.05) is 5.69 Å². The first-order valence-electron chi connectivity index (χ1n) is 4.43. The summed E-state index contributed by atoms with van der Waals surface area (Å²) >= 11 is 0. The van der Waals surface area contributed by atoms with E-state index >= 15 is 0 Å². The average molecular weight is 192 g/mol. The van der Waals surface area contributed by atoms with Crippen molar-refractivity contribution in [2.24, 2.45) is 0 Å². The number of nitrogens with two attached hydrogens (primary N) is 1. The molecule has 0 aliphatic carbocycles. The molecule has 14 heavy (non-hydrogen) atoms. The van der Waals surface area contributed by atoms with E-state index in [0.717, 1.165) is 11.0 Å². The zero-order valence-electron chi connectivity index (χ0n) is 7.88. The molecule has 74 valence electrons. The van der Waals surface area contributed by atoms with Gasteiger partial charge in [-0.1, -0.05) is 5.21 Å². The van der Waals surface area contributed by atoms with Crippen LogP contribution in [0.5, 0.6) is 0 Å². The first kappa shape index (κ1) is 8.96. The standard InChI is InChI=1S/C9H12N4O/c1-6(5-14)13-9-4-7(10)2-3-8(9)11-12-13/h2-4,6,14H,5,10H2,1H3. The molecule has 0 bridgehead atoms. The van der Waals surface area contributed by atoms with E-state index in [-0.39, 0.29) is 12.6 Å². The molecule has 0 spiro atoms. The molecule has 5 heteroatoms. The summed E-state index contributed by atoms with van der Waals surface area (Å²) in [5, 5.41) is 16.9. The number of nitrogen functional groups attached to an aromatic ring is 1. The maximum atomic E-state index is 9.02. The van der Waals surface area contributed by atoms with Crippen LogP contribution in [-0.2, 0) is 0 Å². The monoisotopic (exact) mass is 192 g/mol. The Hall–Kier alpha value is -1.62. The van der Waals surface area contributed by atoms with Gasteiger partial charge in [-0.3, -0.25) is 0 Å². The molecule has 0 saturated carbocycles. The normalized spacial score (nSPS) is 13.3. The molecule has 2 aromatic rings. The number of nitrogens with zero attached hydrogens (tertiary/aromatic N) is 3. The first-order valence-corrected chi connectivity index (χ1v) is 4.43. The number of hydrogen-bond donors (Lipinski definition) is 2. The van der Waals surface area contributed by atoms with Crippen LogP contribution in [0, 0.1) is 0 Å². The molecule has 1 aromatic carbocycles. The van der Waals surface area contributed by atoms with Gasteiger partial charge in [0.25, 0.3) is 0 Å². The van der Waals surface area contributed by atoms with E-state index in [0.29, 0.717) is 5.69 Å². The lowest BCUT2D eigenvalue weighted by Crippen LogP contribution is -2.10. The summed E-state index contributed by atoms with van der Waals surface area (Å²) in [6, 6.07) is 5.33. The first-order chi connectivity index (χ1) is 6.72. The Bertz CT molecular complexity index is 451. The van der Waals surface area contributed by atoms with Crippen molar-refractivity contribution in [1.82, 2.24) is 15.0 Å². The summed E-state index contributed by atoms with van der Waals surface area (Å²) in [6.45, 7) is 1.91. The topological polar surface area (TPSA) is 77.0 Å². The average Bonchev–Trinajstić information content (AvgIpc) is 2.59. The van der Waals surface area contributed by atoms with Gasteiger partial charge in [0.15, 0.2) is 0 Å². The summed E-state index contributed by atoms with van der Waals surface area (Å²) in [5.74, 6) is 0. The van der Waals surface area contributed by atoms with Gasteiger partial charge < -0.3 is 10.8 Å². The van der Waals surface area contributed by atoms with E-state index in [2.05, 4.69) is 10.3 Å². The van der Waals surface area contributed by atoms with Crippen molar-refractivity contribution >= 4 is 16.7 Å². The molecule has 0 fully saturated rings. The van der Waals surface area contributed by atoms with Crippen LogP contribution in [-0.4, -0.2) is 26.7 Å². The third kappa shape index (κ3) is 1.31. The third-order valence-electron chi connectivity index (χ3n) is 2.18. The number of aliphatic hydroxyl groups is 1. The van der Waals surface area contributed by atoms with Crippen LogP contribution in [0.4, 0.5) is 5.69 Å². The molecule has 0 radical (unpaired) electrons. The minimum Gasteiger partial charge on any atom is -0.399 e. The maximum absolute atomic E-state index is 9.02. The van der Waals surface area contributed by atoms with Crippen LogP contribution in [0.1, 0.15) is 13.0 Å². The van der Waals surface area contributed by atoms with Crippen molar-refractivity contribution in [3.8, 4) is 0 Å². The molecular weight excluding hydrogens is 180 g/mol. The van der Waals surface area contributed by atoms with Gasteiger partial charge >= 0.3 is 0 Å². The van der Waals surface area contributed by atoms with Gasteiger partial charge in [-0.15, -0.1) is 5.10 Å². The van der Waals surface area contributed by atoms with Crippen LogP contribution in [0.25, 0.3) is 11.0 Å². The molecule has 1 aromatic heterocycles. The predicted molar refractivity (Wildman–Crippen MR) is 53.7 cm³/mol. The molecule has 0 aliphatic rings. The highest BCUT2D eigenvalue weighted by molar-refractivity contribution is 5.78. The highest BCUT2D eigenvalue weighted by atomic mass is 16.3. The van der Waals surface area contributed by atoms with E-state index in [1.54, 1.807) is 10.7 Å². The van der Waals surface area contributed by atoms with Crippen LogP contribution in [0.15, 0.2) is 18.2 Å². The third-order valence-corrected chi connectivity index (χ3v) is 2.18. The smallest absolute Gasteiger partial charge is 0.113 e. The second-order valence-electron chi connectivity index (χ2n) is 3.31. The molecule has 3 N–H and O–H groups in total. The van der Waals surface area contributed by atoms with Gasteiger partial charge in [-0.2, -0.15) is 0 Å². The number of rotatable bonds is 2. The Labute approximate surface area is 81.1 Å². The molecule has 1 atom stereocenters. The predicted octanol–water partition coefficient (Wildman–Crippen LogP) is 0.567. The number of fused-ring (bicyclic) bond motifs is 1. The zero-order chi connectivity index (χ0) is 10.1. The zero-order valence-corrected chi connectivity index (χ0v) is 7.88. The number of benzene rings is 1. The van der Waals surface area contributed by atoms with Crippen molar-refractivity contribution in [2.75, 3.05) is 12.3 Å². The van der Waals surface area contributed by atoms with Crippen LogP contribution >= 0.6 is 0 Å². The van der Waals surface area contributed by atoms with E-state index in [1.165, 1.54) is 0 Å². The lowest BCUT2D eigenvalue weighted by atomic mass is 10.2. The Morgan fingerprint density at radius 3 is 3.07 bits per heavy atom. The Balaban J connectivity index is 2.61. The fraction of sp³-hybridized carbons (Fsp3) is 0.333. The summed E-state index contributed by atoms with van der Waals surface area (Å²) in [7, 11) is 0. The summed E-state index contributed by atoms with van der Waals surface area (Å²) in [4.78, 5) is 0. The highest BCUT2D eigenvalue weighted by Crippen LogP contribution is 2.17. The van der Waals surface area contributed by atoms with Gasteiger partial charge in [0.1, 0.15) is 5.52 Å². The van der Waals surface area contributed by atoms with Crippen molar-refractivity contribution < 1.29 is 5.11 Å². The molecule has 2 rings (SSSR count). The summed E-state index contributed by atoms with van der Waals surface area (Å²) < 4.78 is 1.67. The second kappa shape index (κ2) is 3.26. The molecule has 0 saturated heterocycles. The maximum Gasteiger partial charge on any atom is 0.113 e. The van der Waals surface area contributed by atoms with Gasteiger partial charge in [-0.25, -0.2) is 4.68 Å². The fourth-order valence-electron chi connectivity index (χ4n) is 1.36. The van der Waals surface area contributed by atoms with Crippen molar-refractivity contribution in [3.63, 3.8) is 0 Å². The fourth-order valence-corrected chi connectivity index (χ4v) is 1.36. The number of anilines is 1. The second-order valence-corrected chi connectivity index (χ2v) is 3.31. The molecule has 1 heterocycles. The minimum atomic E-state index is -0.0817.